The van der Waals surface area contributed by atoms with Gasteiger partial charge in [-0.05, 0) is 42.3 Å². The van der Waals surface area contributed by atoms with E-state index in [4.69, 9.17) is 10.5 Å². The summed E-state index contributed by atoms with van der Waals surface area (Å²) in [5.74, 6) is 0.322. The van der Waals surface area contributed by atoms with Crippen molar-refractivity contribution in [2.45, 2.75) is 44.5 Å². The molecule has 5 nitrogen and oxygen atoms in total. The number of nitrogens with two attached hydrogens (primary N) is 1. The highest BCUT2D eigenvalue weighted by Gasteiger charge is 2.52. The van der Waals surface area contributed by atoms with E-state index in [0.717, 1.165) is 17.5 Å². The summed E-state index contributed by atoms with van der Waals surface area (Å²) in [5, 5.41) is 3.03. The molecule has 1 aliphatic heterocycles. The van der Waals surface area contributed by atoms with Crippen LogP contribution in [-0.2, 0) is 4.74 Å². The zero-order valence-electron chi connectivity index (χ0n) is 11.7. The van der Waals surface area contributed by atoms with E-state index in [-0.39, 0.29) is 30.1 Å². The molecule has 0 bridgehead atoms. The van der Waals surface area contributed by atoms with Gasteiger partial charge in [0, 0.05) is 35.3 Å². The summed E-state index contributed by atoms with van der Waals surface area (Å²) in [6.07, 6.45) is 3.03. The molecule has 1 amide bonds. The zero-order chi connectivity index (χ0) is 14.4. The Kier molecular flexibility index (Phi) is 3.64. The van der Waals surface area contributed by atoms with Gasteiger partial charge in [-0.2, -0.15) is 0 Å². The quantitative estimate of drug-likeness (QED) is 0.878. The molecule has 3 rings (SSSR count). The maximum atomic E-state index is 12.5. The van der Waals surface area contributed by atoms with Gasteiger partial charge in [-0.1, -0.05) is 0 Å². The number of carbonyl (C=O) groups is 1. The van der Waals surface area contributed by atoms with E-state index in [1.165, 1.54) is 0 Å². The van der Waals surface area contributed by atoms with Gasteiger partial charge in [-0.25, -0.2) is 0 Å². The highest BCUT2D eigenvalue weighted by molar-refractivity contribution is 9.10. The number of aromatic nitrogens is 1. The number of nitrogens with zero attached hydrogens (tertiary/aromatic N) is 1. The number of amides is 1. The Morgan fingerprint density at radius 3 is 3.05 bits per heavy atom. The minimum absolute atomic E-state index is 0.0114. The molecule has 1 saturated carbocycles. The first kappa shape index (κ1) is 14.1. The van der Waals surface area contributed by atoms with Crippen LogP contribution in [-0.4, -0.2) is 35.3 Å². The number of fused-ring (bicyclic) bond motifs is 1. The minimum atomic E-state index is -0.0844. The first-order chi connectivity index (χ1) is 9.49. The van der Waals surface area contributed by atoms with Crippen LogP contribution in [0.5, 0.6) is 0 Å². The van der Waals surface area contributed by atoms with Gasteiger partial charge in [0.1, 0.15) is 5.69 Å². The normalized spacial score (nSPS) is 32.0. The fourth-order valence-electron chi connectivity index (χ4n) is 3.21. The molecule has 4 atom stereocenters. The second-order valence-electron chi connectivity index (χ2n) is 5.91. The van der Waals surface area contributed by atoms with Crippen LogP contribution in [0.25, 0.3) is 0 Å². The van der Waals surface area contributed by atoms with E-state index in [9.17, 15) is 4.79 Å². The molecule has 1 aromatic heterocycles. The van der Waals surface area contributed by atoms with Gasteiger partial charge in [0.25, 0.3) is 5.91 Å². The Bertz CT molecular complexity index is 528. The summed E-state index contributed by atoms with van der Waals surface area (Å²) in [6, 6.07) is 2.02. The summed E-state index contributed by atoms with van der Waals surface area (Å²) < 4.78 is 8.51. The van der Waals surface area contributed by atoms with Crippen molar-refractivity contribution >= 4 is 21.8 Å². The number of ether oxygens (including phenoxy) is 1. The summed E-state index contributed by atoms with van der Waals surface area (Å²) >= 11 is 3.42. The highest BCUT2D eigenvalue weighted by atomic mass is 79.9. The summed E-state index contributed by atoms with van der Waals surface area (Å²) in [6.45, 7) is 4.85. The molecule has 0 aromatic carbocycles. The Hall–Kier alpha value is -0.850. The van der Waals surface area contributed by atoms with E-state index in [1.807, 2.05) is 16.8 Å². The van der Waals surface area contributed by atoms with E-state index in [1.54, 1.807) is 0 Å². The standard InChI is InChI=1S/C14H20BrN3O2/c1-7(2)18-6-8(15)5-10(18)14(19)17-12-11(16)9-3-4-20-13(9)12/h5-7,9,11-13H,3-4,16H2,1-2H3,(H,17,19). The van der Waals surface area contributed by atoms with Crippen molar-refractivity contribution in [2.24, 2.45) is 11.7 Å². The van der Waals surface area contributed by atoms with Crippen LogP contribution < -0.4 is 11.1 Å². The third kappa shape index (κ3) is 2.19. The smallest absolute Gasteiger partial charge is 0.268 e. The van der Waals surface area contributed by atoms with Crippen molar-refractivity contribution in [1.82, 2.24) is 9.88 Å². The Labute approximate surface area is 127 Å². The number of nitrogens with one attached hydrogen (secondary N) is 1. The Morgan fingerprint density at radius 2 is 2.35 bits per heavy atom. The van der Waals surface area contributed by atoms with Crippen molar-refractivity contribution in [2.75, 3.05) is 6.61 Å². The summed E-state index contributed by atoms with van der Waals surface area (Å²) in [7, 11) is 0. The molecule has 2 fully saturated rings. The van der Waals surface area contributed by atoms with Gasteiger partial charge in [0.15, 0.2) is 0 Å². The van der Waals surface area contributed by atoms with Gasteiger partial charge >= 0.3 is 0 Å². The second-order valence-corrected chi connectivity index (χ2v) is 6.82. The fourth-order valence-corrected chi connectivity index (χ4v) is 3.65. The first-order valence-corrected chi connectivity index (χ1v) is 7.83. The van der Waals surface area contributed by atoms with Gasteiger partial charge < -0.3 is 20.4 Å². The number of halogens is 1. The molecule has 20 heavy (non-hydrogen) atoms. The molecule has 4 unspecified atom stereocenters. The van der Waals surface area contributed by atoms with Crippen LogP contribution in [0.4, 0.5) is 0 Å². The molecule has 1 aliphatic carbocycles. The van der Waals surface area contributed by atoms with Crippen LogP contribution >= 0.6 is 15.9 Å². The van der Waals surface area contributed by atoms with Gasteiger partial charge in [0.05, 0.1) is 12.1 Å². The predicted molar refractivity (Wildman–Crippen MR) is 79.6 cm³/mol. The van der Waals surface area contributed by atoms with Crippen molar-refractivity contribution in [1.29, 1.82) is 0 Å². The lowest BCUT2D eigenvalue weighted by Gasteiger charge is -2.45. The van der Waals surface area contributed by atoms with E-state index >= 15 is 0 Å². The predicted octanol–water partition coefficient (Wildman–Crippen LogP) is 1.68. The molecule has 110 valence electrons. The molecular formula is C14H20BrN3O2. The first-order valence-electron chi connectivity index (χ1n) is 7.04. The molecule has 3 N–H and O–H groups in total. The number of hydrogen-bond donors (Lipinski definition) is 2. The Balaban J connectivity index is 1.74. The van der Waals surface area contributed by atoms with Crippen molar-refractivity contribution in [3.63, 3.8) is 0 Å². The summed E-state index contributed by atoms with van der Waals surface area (Å²) in [5.41, 5.74) is 6.78. The maximum absolute atomic E-state index is 12.5. The molecule has 2 aliphatic rings. The van der Waals surface area contributed by atoms with Crippen LogP contribution in [0.3, 0.4) is 0 Å². The molecule has 1 saturated heterocycles. The van der Waals surface area contributed by atoms with Crippen molar-refractivity contribution in [3.05, 3.63) is 22.4 Å². The monoisotopic (exact) mass is 341 g/mol. The van der Waals surface area contributed by atoms with Gasteiger partial charge in [-0.3, -0.25) is 4.79 Å². The molecule has 2 heterocycles. The lowest BCUT2D eigenvalue weighted by molar-refractivity contribution is -0.0162. The van der Waals surface area contributed by atoms with Gasteiger partial charge in [-0.15, -0.1) is 0 Å². The van der Waals surface area contributed by atoms with Crippen molar-refractivity contribution in [3.8, 4) is 0 Å². The van der Waals surface area contributed by atoms with Crippen LogP contribution in [0.15, 0.2) is 16.7 Å². The van der Waals surface area contributed by atoms with E-state index in [0.29, 0.717) is 11.6 Å². The molecule has 0 radical (unpaired) electrons. The van der Waals surface area contributed by atoms with Crippen LogP contribution in [0.1, 0.15) is 36.8 Å². The molecule has 1 aromatic rings. The minimum Gasteiger partial charge on any atom is -0.376 e. The average molecular weight is 342 g/mol. The zero-order valence-corrected chi connectivity index (χ0v) is 13.3. The molecule has 0 spiro atoms. The van der Waals surface area contributed by atoms with Crippen LogP contribution in [0, 0.1) is 5.92 Å². The number of rotatable bonds is 3. The van der Waals surface area contributed by atoms with E-state index in [2.05, 4.69) is 35.1 Å². The van der Waals surface area contributed by atoms with Gasteiger partial charge in [0.2, 0.25) is 0 Å². The second kappa shape index (κ2) is 5.16. The molecular weight excluding hydrogens is 322 g/mol. The number of hydrogen-bond acceptors (Lipinski definition) is 3. The highest BCUT2D eigenvalue weighted by Crippen LogP contribution is 2.37. The topological polar surface area (TPSA) is 69.3 Å². The molecule has 6 heteroatoms. The van der Waals surface area contributed by atoms with Crippen LogP contribution in [0.2, 0.25) is 0 Å². The van der Waals surface area contributed by atoms with Crippen molar-refractivity contribution < 1.29 is 9.53 Å². The largest absolute Gasteiger partial charge is 0.376 e. The lowest BCUT2D eigenvalue weighted by atomic mass is 9.72. The average Bonchev–Trinajstić information content (AvgIpc) is 2.99. The Morgan fingerprint density at radius 1 is 1.60 bits per heavy atom. The third-order valence-electron chi connectivity index (χ3n) is 4.35. The maximum Gasteiger partial charge on any atom is 0.268 e. The fraction of sp³-hybridized carbons (Fsp3) is 0.643. The van der Waals surface area contributed by atoms with E-state index < -0.39 is 0 Å². The lowest BCUT2D eigenvalue weighted by Crippen LogP contribution is -2.69. The third-order valence-corrected chi connectivity index (χ3v) is 4.78. The SMILES string of the molecule is CC(C)n1cc(Br)cc1C(=O)NC1C(N)C2CCOC21. The number of carbonyl (C=O) groups excluding carboxylic acids is 1. The summed E-state index contributed by atoms with van der Waals surface area (Å²) in [4.78, 5) is 12.5.